The van der Waals surface area contributed by atoms with E-state index in [9.17, 15) is 9.18 Å². The maximum absolute atomic E-state index is 14.6. The predicted molar refractivity (Wildman–Crippen MR) is 141 cm³/mol. The Morgan fingerprint density at radius 3 is 2.49 bits per heavy atom. The molecule has 2 heterocycles. The molecule has 0 spiro atoms. The summed E-state index contributed by atoms with van der Waals surface area (Å²) in [6.45, 7) is 6.16. The molecular formula is C24H21Cl2FN6OS. The van der Waals surface area contributed by atoms with Gasteiger partial charge in [0.25, 0.3) is 0 Å². The SMILES string of the molecule is CC(C)(C)c1nc(-c2ccnc(N)n2)c(-c2ccc(F)c(NC(=O)Nc3ccc(Cl)c(Cl)c3)c2)s1. The molecule has 0 bridgehead atoms. The van der Waals surface area contributed by atoms with Crippen molar-refractivity contribution in [1.29, 1.82) is 0 Å². The van der Waals surface area contributed by atoms with Crippen molar-refractivity contribution in [1.82, 2.24) is 15.0 Å². The molecule has 0 fully saturated rings. The second-order valence-corrected chi connectivity index (χ2v) is 10.5. The van der Waals surface area contributed by atoms with Gasteiger partial charge >= 0.3 is 6.03 Å². The van der Waals surface area contributed by atoms with E-state index >= 15 is 0 Å². The molecule has 180 valence electrons. The molecular weight excluding hydrogens is 510 g/mol. The van der Waals surface area contributed by atoms with E-state index in [0.717, 1.165) is 9.88 Å². The van der Waals surface area contributed by atoms with Gasteiger partial charge in [0.15, 0.2) is 0 Å². The number of aromatic nitrogens is 3. The number of rotatable bonds is 4. The fourth-order valence-corrected chi connectivity index (χ4v) is 4.56. The molecule has 0 saturated heterocycles. The van der Waals surface area contributed by atoms with Crippen LogP contribution in [0.5, 0.6) is 0 Å². The van der Waals surface area contributed by atoms with Gasteiger partial charge in [0, 0.05) is 17.3 Å². The average molecular weight is 531 g/mol. The number of thiazole rings is 1. The molecule has 4 N–H and O–H groups in total. The van der Waals surface area contributed by atoms with Crippen LogP contribution in [0.2, 0.25) is 10.0 Å². The highest BCUT2D eigenvalue weighted by molar-refractivity contribution is 7.15. The molecule has 0 atom stereocenters. The van der Waals surface area contributed by atoms with Crippen molar-refractivity contribution in [2.45, 2.75) is 26.2 Å². The highest BCUT2D eigenvalue weighted by atomic mass is 35.5. The third-order valence-electron chi connectivity index (χ3n) is 4.84. The summed E-state index contributed by atoms with van der Waals surface area (Å²) >= 11 is 13.4. The van der Waals surface area contributed by atoms with Gasteiger partial charge < -0.3 is 16.4 Å². The standard InChI is InChI=1S/C24H21Cl2FN6OS/c1-24(2,3)21-33-19(17-8-9-29-22(28)31-17)20(35-21)12-4-7-16(27)18(10-12)32-23(34)30-13-5-6-14(25)15(26)11-13/h4-11H,1-3H3,(H2,28,29,31)(H2,30,32,34). The Kier molecular flexibility index (Phi) is 6.93. The number of nitrogen functional groups attached to an aromatic ring is 1. The molecule has 2 aromatic heterocycles. The highest BCUT2D eigenvalue weighted by Gasteiger charge is 2.24. The minimum absolute atomic E-state index is 0.000999. The maximum Gasteiger partial charge on any atom is 0.323 e. The Hall–Kier alpha value is -3.27. The van der Waals surface area contributed by atoms with Crippen molar-refractivity contribution in [3.63, 3.8) is 0 Å². The lowest BCUT2D eigenvalue weighted by molar-refractivity contribution is 0.262. The predicted octanol–water partition coefficient (Wildman–Crippen LogP) is 7.24. The number of anilines is 3. The number of nitrogens with two attached hydrogens (primary N) is 1. The van der Waals surface area contributed by atoms with Crippen LogP contribution in [-0.2, 0) is 5.41 Å². The second-order valence-electron chi connectivity index (χ2n) is 8.65. The topological polar surface area (TPSA) is 106 Å². The van der Waals surface area contributed by atoms with Gasteiger partial charge in [0.2, 0.25) is 5.95 Å². The number of nitrogens with one attached hydrogen (secondary N) is 2. The van der Waals surface area contributed by atoms with Crippen LogP contribution < -0.4 is 16.4 Å². The van der Waals surface area contributed by atoms with Crippen LogP contribution in [-0.4, -0.2) is 21.0 Å². The fourth-order valence-electron chi connectivity index (χ4n) is 3.14. The normalized spacial score (nSPS) is 11.4. The molecule has 0 radical (unpaired) electrons. The molecule has 0 aliphatic carbocycles. The summed E-state index contributed by atoms with van der Waals surface area (Å²) in [5.74, 6) is -0.467. The number of benzene rings is 2. The fraction of sp³-hybridized carbons (Fsp3) is 0.167. The van der Waals surface area contributed by atoms with Crippen molar-refractivity contribution in [3.8, 4) is 21.8 Å². The van der Waals surface area contributed by atoms with Crippen LogP contribution in [0.15, 0.2) is 48.7 Å². The minimum atomic E-state index is -0.636. The van der Waals surface area contributed by atoms with E-state index < -0.39 is 11.8 Å². The van der Waals surface area contributed by atoms with Gasteiger partial charge in [-0.1, -0.05) is 50.0 Å². The van der Waals surface area contributed by atoms with E-state index in [-0.39, 0.29) is 22.1 Å². The number of hydrogen-bond acceptors (Lipinski definition) is 6. The van der Waals surface area contributed by atoms with Gasteiger partial charge in [-0.3, -0.25) is 0 Å². The lowest BCUT2D eigenvalue weighted by atomic mass is 9.98. The Morgan fingerprint density at radius 2 is 1.80 bits per heavy atom. The Bertz CT molecular complexity index is 1420. The summed E-state index contributed by atoms with van der Waals surface area (Å²) in [6.07, 6.45) is 1.56. The summed E-state index contributed by atoms with van der Waals surface area (Å²) < 4.78 is 14.6. The summed E-state index contributed by atoms with van der Waals surface area (Å²) in [7, 11) is 0. The number of hydrogen-bond donors (Lipinski definition) is 3. The molecule has 0 aliphatic rings. The first kappa shape index (κ1) is 24.8. The van der Waals surface area contributed by atoms with Crippen molar-refractivity contribution < 1.29 is 9.18 Å². The Labute approximate surface area is 215 Å². The van der Waals surface area contributed by atoms with Gasteiger partial charge in [-0.25, -0.2) is 24.1 Å². The van der Waals surface area contributed by atoms with Crippen LogP contribution in [0, 0.1) is 5.82 Å². The quantitative estimate of drug-likeness (QED) is 0.258. The Balaban J connectivity index is 1.69. The number of urea groups is 1. The molecule has 2 aromatic carbocycles. The summed E-state index contributed by atoms with van der Waals surface area (Å²) in [4.78, 5) is 26.4. The smallest absolute Gasteiger partial charge is 0.323 e. The van der Waals surface area contributed by atoms with Crippen molar-refractivity contribution in [2.75, 3.05) is 16.4 Å². The first-order chi connectivity index (χ1) is 16.5. The van der Waals surface area contributed by atoms with Crippen molar-refractivity contribution in [2.24, 2.45) is 0 Å². The van der Waals surface area contributed by atoms with E-state index in [0.29, 0.717) is 27.7 Å². The van der Waals surface area contributed by atoms with Gasteiger partial charge in [-0.05, 0) is 42.0 Å². The largest absolute Gasteiger partial charge is 0.368 e. The van der Waals surface area contributed by atoms with E-state index in [1.54, 1.807) is 36.5 Å². The van der Waals surface area contributed by atoms with Crippen LogP contribution in [0.1, 0.15) is 25.8 Å². The summed E-state index contributed by atoms with van der Waals surface area (Å²) in [6, 6.07) is 10.2. The number of nitrogens with zero attached hydrogens (tertiary/aromatic N) is 3. The molecule has 4 rings (SSSR count). The average Bonchev–Trinajstić information content (AvgIpc) is 3.24. The first-order valence-electron chi connectivity index (χ1n) is 10.4. The molecule has 35 heavy (non-hydrogen) atoms. The summed E-state index contributed by atoms with van der Waals surface area (Å²) in [5, 5.41) is 6.67. The van der Waals surface area contributed by atoms with Gasteiger partial charge in [-0.15, -0.1) is 11.3 Å². The molecule has 11 heteroatoms. The number of halogens is 3. The Morgan fingerprint density at radius 1 is 1.03 bits per heavy atom. The maximum atomic E-state index is 14.6. The van der Waals surface area contributed by atoms with E-state index in [2.05, 4.69) is 41.4 Å². The third-order valence-corrected chi connectivity index (χ3v) is 7.11. The van der Waals surface area contributed by atoms with Crippen LogP contribution in [0.4, 0.5) is 26.5 Å². The van der Waals surface area contributed by atoms with Gasteiger partial charge in [0.1, 0.15) is 11.5 Å². The van der Waals surface area contributed by atoms with Crippen LogP contribution in [0.3, 0.4) is 0 Å². The van der Waals surface area contributed by atoms with Crippen LogP contribution in [0.25, 0.3) is 21.8 Å². The molecule has 0 saturated carbocycles. The van der Waals surface area contributed by atoms with Crippen LogP contribution >= 0.6 is 34.5 Å². The van der Waals surface area contributed by atoms with E-state index in [4.69, 9.17) is 33.9 Å². The lowest BCUT2D eigenvalue weighted by Gasteiger charge is -2.13. The minimum Gasteiger partial charge on any atom is -0.368 e. The first-order valence-corrected chi connectivity index (χ1v) is 12.0. The monoisotopic (exact) mass is 530 g/mol. The van der Waals surface area contributed by atoms with Crippen molar-refractivity contribution in [3.05, 3.63) is 69.5 Å². The van der Waals surface area contributed by atoms with Gasteiger partial charge in [0.05, 0.1) is 31.3 Å². The van der Waals surface area contributed by atoms with E-state index in [1.165, 1.54) is 23.5 Å². The van der Waals surface area contributed by atoms with Crippen molar-refractivity contribution >= 4 is 57.9 Å². The zero-order valence-corrected chi connectivity index (χ0v) is 21.3. The highest BCUT2D eigenvalue weighted by Crippen LogP contribution is 2.41. The number of carbonyl (C=O) groups excluding carboxylic acids is 1. The second kappa shape index (κ2) is 9.77. The van der Waals surface area contributed by atoms with E-state index in [1.807, 2.05) is 0 Å². The van der Waals surface area contributed by atoms with Gasteiger partial charge in [-0.2, -0.15) is 0 Å². The molecule has 0 unspecified atom stereocenters. The molecule has 4 aromatic rings. The third kappa shape index (κ3) is 5.70. The zero-order valence-electron chi connectivity index (χ0n) is 19.0. The number of carbonyl (C=O) groups is 1. The molecule has 7 nitrogen and oxygen atoms in total. The molecule has 0 aliphatic heterocycles. The molecule has 2 amide bonds. The lowest BCUT2D eigenvalue weighted by Crippen LogP contribution is -2.20. The summed E-state index contributed by atoms with van der Waals surface area (Å²) in [5.41, 5.74) is 7.79. The number of amides is 2. The zero-order chi connectivity index (χ0) is 25.3.